The summed E-state index contributed by atoms with van der Waals surface area (Å²) in [6.45, 7) is 33.7. The van der Waals surface area contributed by atoms with Gasteiger partial charge in [-0.1, -0.05) is 61.5 Å². The van der Waals surface area contributed by atoms with Gasteiger partial charge < -0.3 is 17.9 Å². The molecule has 0 aromatic rings. The third kappa shape index (κ3) is 14.7. The van der Waals surface area contributed by atoms with Crippen LogP contribution in [0.25, 0.3) is 0 Å². The van der Waals surface area contributed by atoms with Crippen LogP contribution in [0.5, 0.6) is 0 Å². The van der Waals surface area contributed by atoms with Crippen molar-refractivity contribution in [1.82, 2.24) is 0 Å². The Morgan fingerprint density at radius 3 is 1.74 bits per heavy atom. The Morgan fingerprint density at radius 2 is 1.30 bits per heavy atom. The molecule has 0 aliphatic rings. The van der Waals surface area contributed by atoms with Crippen molar-refractivity contribution in [3.63, 3.8) is 0 Å². The number of carbonyl (C=O) groups excluding carboxylic acids is 2. The predicted molar refractivity (Wildman–Crippen MR) is 186 cm³/mol. The SMILES string of the molecule is C=CCCCC(CC(=O)C(C)C(CCC(C)C(=O)CP(=O)(OCC)OCC)O[Si](C)(C)C(C)(C)C)O[Si](C)(C)C(C)(C)C. The second-order valence-electron chi connectivity index (χ2n) is 15.1. The quantitative estimate of drug-likeness (QED) is 0.0493. The van der Waals surface area contributed by atoms with Gasteiger partial charge in [-0.25, -0.2) is 0 Å². The molecular weight excluding hydrogens is 596 g/mol. The maximum Gasteiger partial charge on any atom is 0.338 e. The normalized spacial score (nSPS) is 16.4. The Morgan fingerprint density at radius 1 is 0.814 bits per heavy atom. The van der Waals surface area contributed by atoms with E-state index in [-0.39, 0.29) is 65.1 Å². The highest BCUT2D eigenvalue weighted by Gasteiger charge is 2.43. The summed E-state index contributed by atoms with van der Waals surface area (Å²) in [6, 6.07) is 0. The summed E-state index contributed by atoms with van der Waals surface area (Å²) >= 11 is 0. The molecule has 254 valence electrons. The third-order valence-corrected chi connectivity index (χ3v) is 20.4. The van der Waals surface area contributed by atoms with Gasteiger partial charge in [0.1, 0.15) is 17.7 Å². The second-order valence-corrected chi connectivity index (χ2v) is 26.7. The van der Waals surface area contributed by atoms with Crippen molar-refractivity contribution in [3.05, 3.63) is 12.7 Å². The van der Waals surface area contributed by atoms with Crippen LogP contribution in [-0.4, -0.2) is 59.8 Å². The molecule has 0 aliphatic heterocycles. The fourth-order valence-corrected chi connectivity index (χ4v) is 8.87. The van der Waals surface area contributed by atoms with E-state index in [2.05, 4.69) is 74.3 Å². The Labute approximate surface area is 267 Å². The van der Waals surface area contributed by atoms with E-state index in [4.69, 9.17) is 17.9 Å². The highest BCUT2D eigenvalue weighted by atomic mass is 31.2. The van der Waals surface area contributed by atoms with Crippen LogP contribution in [0.4, 0.5) is 0 Å². The van der Waals surface area contributed by atoms with E-state index >= 15 is 0 Å². The fourth-order valence-electron chi connectivity index (χ4n) is 4.31. The van der Waals surface area contributed by atoms with Gasteiger partial charge in [0, 0.05) is 18.3 Å². The van der Waals surface area contributed by atoms with E-state index in [0.717, 1.165) is 19.3 Å². The standard InChI is InChI=1S/C33H67O7PSi2/c1-16-19-20-21-28(39-42(12,13)32(6,7)8)24-29(34)27(5)31(40-43(14,15)33(9,10)11)23-22-26(4)30(35)25-41(36,37-17-2)38-18-3/h16,26-28,31H,1,17-25H2,2-15H3. The number of hydrogen-bond acceptors (Lipinski definition) is 7. The zero-order chi connectivity index (χ0) is 33.9. The summed E-state index contributed by atoms with van der Waals surface area (Å²) in [7, 11) is -7.77. The van der Waals surface area contributed by atoms with Crippen LogP contribution in [0.1, 0.15) is 108 Å². The van der Waals surface area contributed by atoms with E-state index in [1.54, 1.807) is 13.8 Å². The van der Waals surface area contributed by atoms with Gasteiger partial charge in [0.2, 0.25) is 0 Å². The van der Waals surface area contributed by atoms with Gasteiger partial charge in [-0.3, -0.25) is 14.2 Å². The summed E-state index contributed by atoms with van der Waals surface area (Å²) in [5.41, 5.74) is 0. The van der Waals surface area contributed by atoms with Crippen LogP contribution in [0.3, 0.4) is 0 Å². The van der Waals surface area contributed by atoms with Gasteiger partial charge in [-0.2, -0.15) is 0 Å². The van der Waals surface area contributed by atoms with E-state index < -0.39 is 24.2 Å². The molecular formula is C33H67O7PSi2. The first kappa shape index (κ1) is 42.6. The lowest BCUT2D eigenvalue weighted by Crippen LogP contribution is -2.47. The molecule has 4 unspecified atom stereocenters. The van der Waals surface area contributed by atoms with Crippen molar-refractivity contribution in [3.8, 4) is 0 Å². The Balaban J connectivity index is 5.97. The fraction of sp³-hybridized carbons (Fsp3) is 0.879. The van der Waals surface area contributed by atoms with Gasteiger partial charge in [0.25, 0.3) is 0 Å². The zero-order valence-corrected chi connectivity index (χ0v) is 33.2. The Kier molecular flexibility index (Phi) is 17.9. The molecule has 0 amide bonds. The molecule has 0 N–H and O–H groups in total. The summed E-state index contributed by atoms with van der Waals surface area (Å²) in [5.74, 6) is -0.725. The first-order valence-electron chi connectivity index (χ1n) is 16.4. The lowest BCUT2D eigenvalue weighted by Gasteiger charge is -2.41. The lowest BCUT2D eigenvalue weighted by atomic mass is 9.89. The molecule has 0 aliphatic carbocycles. The molecule has 0 radical (unpaired) electrons. The molecule has 10 heteroatoms. The number of carbonyl (C=O) groups is 2. The summed E-state index contributed by atoms with van der Waals surface area (Å²) < 4.78 is 37.3. The van der Waals surface area contributed by atoms with Gasteiger partial charge in [0.05, 0.1) is 25.4 Å². The van der Waals surface area contributed by atoms with Gasteiger partial charge >= 0.3 is 7.60 Å². The zero-order valence-electron chi connectivity index (χ0n) is 30.3. The van der Waals surface area contributed by atoms with Crippen molar-refractivity contribution in [2.24, 2.45) is 11.8 Å². The van der Waals surface area contributed by atoms with E-state index in [9.17, 15) is 14.2 Å². The van der Waals surface area contributed by atoms with Crippen LogP contribution in [0.15, 0.2) is 12.7 Å². The molecule has 7 nitrogen and oxygen atoms in total. The molecule has 0 bridgehead atoms. The monoisotopic (exact) mass is 662 g/mol. The minimum atomic E-state index is -3.47. The van der Waals surface area contributed by atoms with Gasteiger partial charge in [0.15, 0.2) is 16.6 Å². The first-order valence-corrected chi connectivity index (χ1v) is 23.9. The molecule has 0 saturated heterocycles. The van der Waals surface area contributed by atoms with Crippen LogP contribution in [0.2, 0.25) is 36.3 Å². The van der Waals surface area contributed by atoms with E-state index in [1.807, 2.05) is 19.9 Å². The third-order valence-electron chi connectivity index (χ3n) is 9.38. The average molecular weight is 663 g/mol. The molecule has 0 saturated carbocycles. The molecule has 0 spiro atoms. The molecule has 43 heavy (non-hydrogen) atoms. The van der Waals surface area contributed by atoms with Crippen molar-refractivity contribution in [2.45, 2.75) is 156 Å². The Hall–Kier alpha value is -0.416. The Bertz CT molecular complexity index is 911. The number of hydrogen-bond donors (Lipinski definition) is 0. The summed E-state index contributed by atoms with van der Waals surface area (Å²) in [5, 5.41) is 0.0129. The van der Waals surface area contributed by atoms with Crippen molar-refractivity contribution >= 4 is 35.8 Å². The number of unbranched alkanes of at least 4 members (excludes halogenated alkanes) is 1. The number of allylic oxidation sites excluding steroid dienone is 1. The van der Waals surface area contributed by atoms with E-state index in [0.29, 0.717) is 19.3 Å². The lowest BCUT2D eigenvalue weighted by molar-refractivity contribution is -0.127. The minimum absolute atomic E-state index is 0.0320. The first-order chi connectivity index (χ1) is 19.5. The molecule has 0 rings (SSSR count). The molecule has 0 aromatic heterocycles. The smallest absolute Gasteiger partial charge is 0.338 e. The highest BCUT2D eigenvalue weighted by Crippen LogP contribution is 2.48. The predicted octanol–water partition coefficient (Wildman–Crippen LogP) is 9.97. The number of ketones is 2. The van der Waals surface area contributed by atoms with Crippen molar-refractivity contribution < 1.29 is 32.1 Å². The highest BCUT2D eigenvalue weighted by molar-refractivity contribution is 7.54. The molecule has 0 fully saturated rings. The number of rotatable bonds is 22. The minimum Gasteiger partial charge on any atom is -0.413 e. The van der Waals surface area contributed by atoms with Gasteiger partial charge in [-0.05, 0) is 82.2 Å². The average Bonchev–Trinajstić information content (AvgIpc) is 2.84. The summed E-state index contributed by atoms with van der Waals surface area (Å²) in [4.78, 5) is 27.0. The second kappa shape index (κ2) is 18.1. The molecule has 0 aromatic carbocycles. The summed E-state index contributed by atoms with van der Waals surface area (Å²) in [6.07, 6.45) is 5.29. The maximum absolute atomic E-state index is 13.9. The number of Topliss-reactive ketones (excluding diaryl/α,β-unsaturated/α-hetero) is 2. The molecule has 0 heterocycles. The van der Waals surface area contributed by atoms with Gasteiger partial charge in [-0.15, -0.1) is 6.58 Å². The molecule has 4 atom stereocenters. The van der Waals surface area contributed by atoms with Crippen molar-refractivity contribution in [2.75, 3.05) is 19.4 Å². The van der Waals surface area contributed by atoms with Crippen LogP contribution in [0, 0.1) is 11.8 Å². The maximum atomic E-state index is 13.9. The van der Waals surface area contributed by atoms with Crippen LogP contribution >= 0.6 is 7.60 Å². The topological polar surface area (TPSA) is 88.1 Å². The van der Waals surface area contributed by atoms with Crippen molar-refractivity contribution in [1.29, 1.82) is 0 Å². The largest absolute Gasteiger partial charge is 0.413 e. The van der Waals surface area contributed by atoms with Crippen LogP contribution < -0.4 is 0 Å². The van der Waals surface area contributed by atoms with E-state index in [1.165, 1.54) is 0 Å². The van der Waals surface area contributed by atoms with Crippen LogP contribution in [-0.2, 0) is 32.1 Å².